The van der Waals surface area contributed by atoms with E-state index in [2.05, 4.69) is 0 Å². The van der Waals surface area contributed by atoms with Crippen molar-refractivity contribution in [2.45, 2.75) is 23.1 Å². The van der Waals surface area contributed by atoms with Gasteiger partial charge in [0, 0.05) is 17.4 Å². The number of non-ortho nitro benzene ring substituents is 1. The van der Waals surface area contributed by atoms with Gasteiger partial charge in [-0.15, -0.1) is 11.8 Å². The second-order valence-electron chi connectivity index (χ2n) is 5.28. The lowest BCUT2D eigenvalue weighted by molar-refractivity contribution is -0.384. The van der Waals surface area contributed by atoms with Crippen molar-refractivity contribution in [3.63, 3.8) is 0 Å². The Balaban J connectivity index is 1.80. The molecule has 120 valence electrons. The predicted octanol–water partition coefficient (Wildman–Crippen LogP) is 0.717. The van der Waals surface area contributed by atoms with Gasteiger partial charge in [0.1, 0.15) is 17.1 Å². The molecule has 2 aliphatic heterocycles. The second kappa shape index (κ2) is 5.67. The Morgan fingerprint density at radius 1 is 1.39 bits per heavy atom. The number of nitro groups is 1. The van der Waals surface area contributed by atoms with Gasteiger partial charge in [0.15, 0.2) is 0 Å². The number of nitrogens with zero attached hydrogens (tertiary/aromatic N) is 2. The summed E-state index contributed by atoms with van der Waals surface area (Å²) in [6, 6.07) is 5.42. The number of aliphatic carboxylic acids is 1. The largest absolute Gasteiger partial charge is 0.477 e. The number of carbonyl (C=O) groups is 2. The van der Waals surface area contributed by atoms with Crippen LogP contribution in [0.5, 0.6) is 0 Å². The summed E-state index contributed by atoms with van der Waals surface area (Å²) in [5, 5.41) is 19.4. The van der Waals surface area contributed by atoms with Crippen molar-refractivity contribution in [2.75, 3.05) is 0 Å². The van der Waals surface area contributed by atoms with Crippen LogP contribution in [0.15, 0.2) is 36.0 Å². The summed E-state index contributed by atoms with van der Waals surface area (Å²) in [6.45, 7) is 0. The van der Waals surface area contributed by atoms with Crippen LogP contribution in [0, 0.1) is 10.1 Å². The molecule has 3 rings (SSSR count). The Hall–Kier alpha value is -2.39. The highest BCUT2D eigenvalue weighted by Crippen LogP contribution is 2.41. The van der Waals surface area contributed by atoms with Gasteiger partial charge in [-0.05, 0) is 18.1 Å². The van der Waals surface area contributed by atoms with Crippen LogP contribution in [-0.4, -0.2) is 43.5 Å². The van der Waals surface area contributed by atoms with Crippen LogP contribution < -0.4 is 5.73 Å². The van der Waals surface area contributed by atoms with Crippen LogP contribution in [0.4, 0.5) is 5.69 Å². The molecule has 8 nitrogen and oxygen atoms in total. The summed E-state index contributed by atoms with van der Waals surface area (Å²) in [5.74, 6) is -1.55. The predicted molar refractivity (Wildman–Crippen MR) is 82.5 cm³/mol. The molecule has 2 aliphatic rings. The summed E-state index contributed by atoms with van der Waals surface area (Å²) in [6.07, 6.45) is 2.04. The number of hydrogen-bond donors (Lipinski definition) is 2. The summed E-state index contributed by atoms with van der Waals surface area (Å²) < 4.78 is 0. The molecule has 1 aromatic rings. The third-order valence-electron chi connectivity index (χ3n) is 3.80. The van der Waals surface area contributed by atoms with Crippen LogP contribution in [0.2, 0.25) is 0 Å². The standard InChI is InChI=1S/C14H13N3O5S/c15-11-12(18)16-10(14(19)20)6-9(23-13(11)16)5-7-1-3-8(4-2-7)17(21)22/h1-4,6,9,11,13H,5,15H2,(H,19,20)/t9?,11?,13-/m1/s1. The molecule has 23 heavy (non-hydrogen) atoms. The van der Waals surface area contributed by atoms with Crippen LogP contribution in [-0.2, 0) is 16.0 Å². The minimum atomic E-state index is -1.16. The first-order chi connectivity index (χ1) is 10.9. The number of amides is 1. The average Bonchev–Trinajstić information content (AvgIpc) is 2.53. The van der Waals surface area contributed by atoms with Crippen molar-refractivity contribution in [1.82, 2.24) is 4.90 Å². The SMILES string of the molecule is NC1C(=O)N2C(C(=O)O)=CC(Cc3ccc([N+](=O)[O-])cc3)S[C@H]12. The molecule has 1 aromatic carbocycles. The number of rotatable bonds is 4. The lowest BCUT2D eigenvalue weighted by Crippen LogP contribution is -2.68. The molecule has 1 fully saturated rings. The summed E-state index contributed by atoms with van der Waals surface area (Å²) in [4.78, 5) is 34.4. The van der Waals surface area contributed by atoms with Gasteiger partial charge in [-0.1, -0.05) is 12.1 Å². The molecule has 0 aliphatic carbocycles. The molecule has 2 heterocycles. The highest BCUT2D eigenvalue weighted by molar-refractivity contribution is 8.00. The number of nitrogens with two attached hydrogens (primary N) is 1. The van der Waals surface area contributed by atoms with E-state index in [1.165, 1.54) is 34.9 Å². The minimum Gasteiger partial charge on any atom is -0.477 e. The molecule has 9 heteroatoms. The summed E-state index contributed by atoms with van der Waals surface area (Å²) in [7, 11) is 0. The minimum absolute atomic E-state index is 0.00426. The maximum atomic E-state index is 11.7. The zero-order valence-corrected chi connectivity index (χ0v) is 12.6. The lowest BCUT2D eigenvalue weighted by atomic mass is 10.0. The van der Waals surface area contributed by atoms with E-state index in [0.717, 1.165) is 5.56 Å². The van der Waals surface area contributed by atoms with E-state index in [4.69, 9.17) is 5.73 Å². The normalized spacial score (nSPS) is 26.1. The van der Waals surface area contributed by atoms with E-state index in [0.29, 0.717) is 6.42 Å². The number of hydrogen-bond acceptors (Lipinski definition) is 6. The molecule has 2 unspecified atom stereocenters. The average molecular weight is 335 g/mol. The first kappa shape index (κ1) is 15.5. The van der Waals surface area contributed by atoms with E-state index in [1.54, 1.807) is 12.1 Å². The van der Waals surface area contributed by atoms with Crippen molar-refractivity contribution in [3.8, 4) is 0 Å². The number of β-lactam (4-membered cyclic amide) rings is 1. The molecule has 3 atom stereocenters. The fourth-order valence-corrected chi connectivity index (χ4v) is 4.11. The zero-order valence-electron chi connectivity index (χ0n) is 11.8. The molecule has 0 spiro atoms. The molecule has 0 saturated carbocycles. The van der Waals surface area contributed by atoms with E-state index < -0.39 is 16.9 Å². The van der Waals surface area contributed by atoms with E-state index in [1.807, 2.05) is 0 Å². The smallest absolute Gasteiger partial charge is 0.352 e. The van der Waals surface area contributed by atoms with Gasteiger partial charge in [0.25, 0.3) is 5.69 Å². The maximum absolute atomic E-state index is 11.7. The molecule has 0 radical (unpaired) electrons. The quantitative estimate of drug-likeness (QED) is 0.471. The van der Waals surface area contributed by atoms with Crippen molar-refractivity contribution < 1.29 is 19.6 Å². The zero-order chi connectivity index (χ0) is 16.7. The highest BCUT2D eigenvalue weighted by Gasteiger charge is 2.51. The van der Waals surface area contributed by atoms with Crippen molar-refractivity contribution in [2.24, 2.45) is 5.73 Å². The van der Waals surface area contributed by atoms with Gasteiger partial charge >= 0.3 is 5.97 Å². The van der Waals surface area contributed by atoms with Gasteiger partial charge in [0.2, 0.25) is 5.91 Å². The number of nitro benzene ring substituents is 1. The van der Waals surface area contributed by atoms with E-state index in [-0.39, 0.29) is 27.9 Å². The molecule has 3 N–H and O–H groups in total. The molecular weight excluding hydrogens is 322 g/mol. The lowest BCUT2D eigenvalue weighted by Gasteiger charge is -2.48. The molecule has 0 aromatic heterocycles. The summed E-state index contributed by atoms with van der Waals surface area (Å²) >= 11 is 1.43. The number of benzene rings is 1. The second-order valence-corrected chi connectivity index (χ2v) is 6.64. The molecular formula is C14H13N3O5S. The fourth-order valence-electron chi connectivity index (χ4n) is 2.63. The molecule has 0 bridgehead atoms. The first-order valence-electron chi connectivity index (χ1n) is 6.81. The van der Waals surface area contributed by atoms with Crippen LogP contribution in [0.3, 0.4) is 0 Å². The first-order valence-corrected chi connectivity index (χ1v) is 7.75. The van der Waals surface area contributed by atoms with E-state index in [9.17, 15) is 24.8 Å². The molecule has 1 amide bonds. The van der Waals surface area contributed by atoms with Crippen molar-refractivity contribution >= 4 is 29.3 Å². The van der Waals surface area contributed by atoms with Crippen LogP contribution >= 0.6 is 11.8 Å². The Labute approximate surface area is 135 Å². The Morgan fingerprint density at radius 3 is 2.61 bits per heavy atom. The number of carboxylic acid groups (broad SMARTS) is 1. The van der Waals surface area contributed by atoms with Gasteiger partial charge in [-0.2, -0.15) is 0 Å². The Kier molecular flexibility index (Phi) is 3.82. The monoisotopic (exact) mass is 335 g/mol. The van der Waals surface area contributed by atoms with Crippen molar-refractivity contribution in [3.05, 3.63) is 51.7 Å². The van der Waals surface area contributed by atoms with Gasteiger partial charge in [-0.3, -0.25) is 19.8 Å². The Bertz CT molecular complexity index is 718. The van der Waals surface area contributed by atoms with Crippen LogP contribution in [0.25, 0.3) is 0 Å². The number of thioether (sulfide) groups is 1. The van der Waals surface area contributed by atoms with Gasteiger partial charge in [-0.25, -0.2) is 4.79 Å². The van der Waals surface area contributed by atoms with E-state index >= 15 is 0 Å². The maximum Gasteiger partial charge on any atom is 0.352 e. The topological polar surface area (TPSA) is 127 Å². The fraction of sp³-hybridized carbons (Fsp3) is 0.286. The number of carbonyl (C=O) groups excluding carboxylic acids is 1. The third kappa shape index (κ3) is 2.68. The highest BCUT2D eigenvalue weighted by atomic mass is 32.2. The number of fused-ring (bicyclic) bond motifs is 1. The van der Waals surface area contributed by atoms with Crippen LogP contribution in [0.1, 0.15) is 5.56 Å². The molecule has 1 saturated heterocycles. The Morgan fingerprint density at radius 2 is 2.04 bits per heavy atom. The number of carboxylic acids is 1. The van der Waals surface area contributed by atoms with Crippen molar-refractivity contribution in [1.29, 1.82) is 0 Å². The third-order valence-corrected chi connectivity index (χ3v) is 5.24. The summed E-state index contributed by atoms with van der Waals surface area (Å²) in [5.41, 5.74) is 6.54. The van der Waals surface area contributed by atoms with Gasteiger partial charge < -0.3 is 10.8 Å². The van der Waals surface area contributed by atoms with Gasteiger partial charge in [0.05, 0.1) is 4.92 Å².